The highest BCUT2D eigenvalue weighted by molar-refractivity contribution is 6.17. The summed E-state index contributed by atoms with van der Waals surface area (Å²) in [6.45, 7) is 0. The number of fused-ring (bicyclic) bond motifs is 7. The normalized spacial score (nSPS) is 11.6. The fourth-order valence-electron chi connectivity index (χ4n) is 8.62. The van der Waals surface area contributed by atoms with Gasteiger partial charge in [-0.05, 0) is 96.7 Å². The molecule has 0 radical (unpaired) electrons. The lowest BCUT2D eigenvalue weighted by atomic mass is 9.95. The van der Waals surface area contributed by atoms with Crippen molar-refractivity contribution in [1.82, 2.24) is 0 Å². The molecule has 0 saturated carbocycles. The first-order chi connectivity index (χ1) is 27.8. The molecule has 0 aliphatic carbocycles. The van der Waals surface area contributed by atoms with E-state index in [1.54, 1.807) is 0 Å². The molecule has 1 heterocycles. The first-order valence-electron chi connectivity index (χ1n) is 19.2. The van der Waals surface area contributed by atoms with Gasteiger partial charge in [0.15, 0.2) is 5.58 Å². The van der Waals surface area contributed by atoms with Gasteiger partial charge in [0, 0.05) is 21.8 Å². The predicted molar refractivity (Wildman–Crippen MR) is 237 cm³/mol. The van der Waals surface area contributed by atoms with Gasteiger partial charge in [0.25, 0.3) is 0 Å². The smallest absolute Gasteiger partial charge is 0.159 e. The van der Waals surface area contributed by atoms with Crippen LogP contribution in [0.15, 0.2) is 217 Å². The summed E-state index contributed by atoms with van der Waals surface area (Å²) in [7, 11) is 0. The van der Waals surface area contributed by atoms with Crippen molar-refractivity contribution in [3.8, 4) is 33.4 Å². The molecule has 2 heteroatoms. The summed E-state index contributed by atoms with van der Waals surface area (Å²) in [6, 6.07) is 76.3. The van der Waals surface area contributed by atoms with Crippen LogP contribution in [-0.4, -0.2) is 0 Å². The highest BCUT2D eigenvalue weighted by Gasteiger charge is 2.23. The molecule has 262 valence electrons. The summed E-state index contributed by atoms with van der Waals surface area (Å²) >= 11 is 0. The number of hydrogen-bond donors (Lipinski definition) is 0. The maximum Gasteiger partial charge on any atom is 0.159 e. The van der Waals surface area contributed by atoms with Crippen LogP contribution < -0.4 is 4.90 Å². The first kappa shape index (κ1) is 32.0. The van der Waals surface area contributed by atoms with E-state index >= 15 is 0 Å². The lowest BCUT2D eigenvalue weighted by molar-refractivity contribution is 0.669. The maximum atomic E-state index is 6.90. The van der Waals surface area contributed by atoms with Gasteiger partial charge in [-0.2, -0.15) is 0 Å². The lowest BCUT2D eigenvalue weighted by Gasteiger charge is -2.27. The van der Waals surface area contributed by atoms with E-state index in [9.17, 15) is 0 Å². The lowest BCUT2D eigenvalue weighted by Crippen LogP contribution is -2.11. The van der Waals surface area contributed by atoms with Crippen LogP contribution in [0.4, 0.5) is 17.1 Å². The second-order valence-corrected chi connectivity index (χ2v) is 14.4. The summed E-state index contributed by atoms with van der Waals surface area (Å²) in [5.74, 6) is 0. The molecule has 0 saturated heterocycles. The molecule has 0 aliphatic heterocycles. The summed E-state index contributed by atoms with van der Waals surface area (Å²) < 4.78 is 6.90. The summed E-state index contributed by atoms with van der Waals surface area (Å²) in [5.41, 5.74) is 11.9. The van der Waals surface area contributed by atoms with E-state index in [1.165, 1.54) is 54.7 Å². The molecule has 56 heavy (non-hydrogen) atoms. The van der Waals surface area contributed by atoms with E-state index in [2.05, 4.69) is 217 Å². The van der Waals surface area contributed by atoms with E-state index in [1.807, 2.05) is 0 Å². The Bertz CT molecular complexity index is 3230. The Morgan fingerprint density at radius 3 is 1.75 bits per heavy atom. The van der Waals surface area contributed by atoms with Crippen LogP contribution in [0.2, 0.25) is 0 Å². The highest BCUT2D eigenvalue weighted by Crippen LogP contribution is 2.47. The maximum absolute atomic E-state index is 6.90. The van der Waals surface area contributed by atoms with Crippen LogP contribution in [-0.2, 0) is 0 Å². The minimum absolute atomic E-state index is 0.855. The molecule has 10 aromatic carbocycles. The van der Waals surface area contributed by atoms with Crippen LogP contribution in [0.5, 0.6) is 0 Å². The number of rotatable bonds is 6. The Morgan fingerprint density at radius 2 is 0.946 bits per heavy atom. The van der Waals surface area contributed by atoms with Gasteiger partial charge < -0.3 is 9.32 Å². The van der Waals surface area contributed by atoms with Crippen molar-refractivity contribution < 1.29 is 4.42 Å². The average Bonchev–Trinajstić information content (AvgIpc) is 3.67. The second kappa shape index (κ2) is 13.2. The molecule has 0 fully saturated rings. The van der Waals surface area contributed by atoms with Gasteiger partial charge in [0.2, 0.25) is 0 Å². The minimum atomic E-state index is 0.855. The standard InChI is InChI=1S/C54H35NO/c1-3-13-37(14-4-1)44-33-34-50(48-20-10-9-19-47(44)48)55(51-23-11-22-49-53-46(38-15-5-2-6-16-38)21-12-24-52(53)56-54(49)51)42-30-27-36(28-31-42)40-29-32-45-41(35-40)26-25-39-17-7-8-18-43(39)45/h1-35H. The number of para-hydroxylation sites is 1. The topological polar surface area (TPSA) is 16.4 Å². The van der Waals surface area contributed by atoms with Crippen LogP contribution in [0.3, 0.4) is 0 Å². The number of furan rings is 1. The molecule has 0 bridgehead atoms. The molecule has 0 N–H and O–H groups in total. The monoisotopic (exact) mass is 713 g/mol. The molecule has 11 aromatic rings. The molecule has 0 spiro atoms. The van der Waals surface area contributed by atoms with E-state index in [0.29, 0.717) is 0 Å². The summed E-state index contributed by atoms with van der Waals surface area (Å²) in [4.78, 5) is 2.38. The first-order valence-corrected chi connectivity index (χ1v) is 19.2. The molecule has 0 amide bonds. The van der Waals surface area contributed by atoms with Gasteiger partial charge in [-0.15, -0.1) is 0 Å². The number of anilines is 3. The highest BCUT2D eigenvalue weighted by atomic mass is 16.3. The zero-order valence-corrected chi connectivity index (χ0v) is 30.6. The zero-order chi connectivity index (χ0) is 37.0. The van der Waals surface area contributed by atoms with Crippen molar-refractivity contribution in [3.63, 3.8) is 0 Å². The third kappa shape index (κ3) is 5.26. The summed E-state index contributed by atoms with van der Waals surface area (Å²) in [6.07, 6.45) is 0. The molecule has 1 aromatic heterocycles. The Morgan fingerprint density at radius 1 is 0.321 bits per heavy atom. The van der Waals surface area contributed by atoms with Crippen LogP contribution >= 0.6 is 0 Å². The van der Waals surface area contributed by atoms with Crippen molar-refractivity contribution in [1.29, 1.82) is 0 Å². The van der Waals surface area contributed by atoms with Gasteiger partial charge >= 0.3 is 0 Å². The Hall–Kier alpha value is -7.42. The Kier molecular flexibility index (Phi) is 7.53. The number of hydrogen-bond acceptors (Lipinski definition) is 2. The van der Waals surface area contributed by atoms with Crippen molar-refractivity contribution >= 4 is 71.3 Å². The van der Waals surface area contributed by atoms with Crippen LogP contribution in [0, 0.1) is 0 Å². The van der Waals surface area contributed by atoms with Crippen LogP contribution in [0.25, 0.3) is 87.6 Å². The van der Waals surface area contributed by atoms with Crippen molar-refractivity contribution in [2.45, 2.75) is 0 Å². The molecule has 2 nitrogen and oxygen atoms in total. The third-order valence-electron chi connectivity index (χ3n) is 11.3. The summed E-state index contributed by atoms with van der Waals surface area (Å²) in [5, 5.41) is 9.63. The van der Waals surface area contributed by atoms with Crippen molar-refractivity contribution in [2.75, 3.05) is 4.90 Å². The molecular formula is C54H35NO. The largest absolute Gasteiger partial charge is 0.454 e. The number of benzene rings is 10. The third-order valence-corrected chi connectivity index (χ3v) is 11.3. The van der Waals surface area contributed by atoms with E-state index in [0.717, 1.165) is 50.0 Å². The fraction of sp³-hybridized carbons (Fsp3) is 0. The van der Waals surface area contributed by atoms with Crippen molar-refractivity contribution in [2.24, 2.45) is 0 Å². The molecule has 0 aliphatic rings. The molecule has 0 atom stereocenters. The van der Waals surface area contributed by atoms with E-state index in [4.69, 9.17) is 4.42 Å². The molecular weight excluding hydrogens is 679 g/mol. The minimum Gasteiger partial charge on any atom is -0.454 e. The quantitative estimate of drug-likeness (QED) is 0.160. The van der Waals surface area contributed by atoms with Crippen molar-refractivity contribution in [3.05, 3.63) is 212 Å². The average molecular weight is 714 g/mol. The van der Waals surface area contributed by atoms with E-state index < -0.39 is 0 Å². The zero-order valence-electron chi connectivity index (χ0n) is 30.6. The van der Waals surface area contributed by atoms with Gasteiger partial charge in [-0.3, -0.25) is 0 Å². The van der Waals surface area contributed by atoms with Crippen LogP contribution in [0.1, 0.15) is 0 Å². The van der Waals surface area contributed by atoms with Gasteiger partial charge in [-0.25, -0.2) is 0 Å². The predicted octanol–water partition coefficient (Wildman–Crippen LogP) is 15.5. The SMILES string of the molecule is c1ccc(-c2ccc(N(c3ccc(-c4ccc5c(ccc6ccccc65)c4)cc3)c3cccc4c3oc3cccc(-c5ccccc5)c34)c3ccccc23)cc1. The fourth-order valence-corrected chi connectivity index (χ4v) is 8.62. The Labute approximate surface area is 325 Å². The Balaban J connectivity index is 1.11. The second-order valence-electron chi connectivity index (χ2n) is 14.4. The van der Waals surface area contributed by atoms with E-state index in [-0.39, 0.29) is 0 Å². The number of nitrogens with zero attached hydrogens (tertiary/aromatic N) is 1. The molecule has 0 unspecified atom stereocenters. The van der Waals surface area contributed by atoms with Gasteiger partial charge in [0.05, 0.1) is 11.4 Å². The van der Waals surface area contributed by atoms with Gasteiger partial charge in [-0.1, -0.05) is 176 Å². The molecule has 11 rings (SSSR count). The van der Waals surface area contributed by atoms with Gasteiger partial charge in [0.1, 0.15) is 5.58 Å².